The van der Waals surface area contributed by atoms with Gasteiger partial charge in [-0.1, -0.05) is 12.8 Å². The highest BCUT2D eigenvalue weighted by Gasteiger charge is 2.22. The van der Waals surface area contributed by atoms with Crippen molar-refractivity contribution in [1.82, 2.24) is 5.32 Å². The van der Waals surface area contributed by atoms with Gasteiger partial charge >= 0.3 is 0 Å². The van der Waals surface area contributed by atoms with Crippen molar-refractivity contribution in [3.8, 4) is 0 Å². The minimum absolute atomic E-state index is 0.0878. The van der Waals surface area contributed by atoms with Crippen LogP contribution < -0.4 is 10.6 Å². The van der Waals surface area contributed by atoms with Gasteiger partial charge in [-0.05, 0) is 37.1 Å². The number of anilines is 1. The van der Waals surface area contributed by atoms with Crippen LogP contribution >= 0.6 is 0 Å². The number of methoxy groups -OCH3 is 1. The molecule has 0 bridgehead atoms. The summed E-state index contributed by atoms with van der Waals surface area (Å²) in [5.74, 6) is 0.0903. The molecule has 0 aliphatic heterocycles. The van der Waals surface area contributed by atoms with Gasteiger partial charge in [0.1, 0.15) is 0 Å². The maximum atomic E-state index is 12.0. The van der Waals surface area contributed by atoms with Crippen molar-refractivity contribution in [3.63, 3.8) is 0 Å². The van der Waals surface area contributed by atoms with Crippen LogP contribution in [0.1, 0.15) is 36.0 Å². The molecule has 0 saturated heterocycles. The fourth-order valence-electron chi connectivity index (χ4n) is 2.51. The molecule has 0 heterocycles. The Balaban J connectivity index is 1.86. The molecule has 1 fully saturated rings. The maximum absolute atomic E-state index is 12.0. The van der Waals surface area contributed by atoms with Gasteiger partial charge in [0, 0.05) is 30.8 Å². The summed E-state index contributed by atoms with van der Waals surface area (Å²) in [7, 11) is 1.59. The summed E-state index contributed by atoms with van der Waals surface area (Å²) in [4.78, 5) is 23.8. The molecule has 21 heavy (non-hydrogen) atoms. The van der Waals surface area contributed by atoms with E-state index in [0.717, 1.165) is 31.4 Å². The Bertz CT molecular complexity index is 479. The lowest BCUT2D eigenvalue weighted by atomic mass is 10.1. The summed E-state index contributed by atoms with van der Waals surface area (Å²) >= 11 is 0. The van der Waals surface area contributed by atoms with Crippen LogP contribution in [0, 0.1) is 5.92 Å². The highest BCUT2D eigenvalue weighted by molar-refractivity contribution is 5.96. The monoisotopic (exact) mass is 290 g/mol. The first kappa shape index (κ1) is 15.5. The van der Waals surface area contributed by atoms with Gasteiger partial charge in [0.05, 0.1) is 6.61 Å². The summed E-state index contributed by atoms with van der Waals surface area (Å²) in [5.41, 5.74) is 1.31. The normalized spacial score (nSPS) is 14.9. The Hall–Kier alpha value is -1.88. The summed E-state index contributed by atoms with van der Waals surface area (Å²) in [6.45, 7) is 0.969. The molecule has 2 rings (SSSR count). The Morgan fingerprint density at radius 2 is 1.86 bits per heavy atom. The fraction of sp³-hybridized carbons (Fsp3) is 0.500. The van der Waals surface area contributed by atoms with E-state index >= 15 is 0 Å². The number of carbonyl (C=O) groups excluding carboxylic acids is 2. The molecule has 114 valence electrons. The van der Waals surface area contributed by atoms with Crippen molar-refractivity contribution in [2.75, 3.05) is 25.6 Å². The highest BCUT2D eigenvalue weighted by Crippen LogP contribution is 2.26. The minimum Gasteiger partial charge on any atom is -0.383 e. The van der Waals surface area contributed by atoms with Crippen LogP contribution in [-0.4, -0.2) is 32.1 Å². The smallest absolute Gasteiger partial charge is 0.251 e. The topological polar surface area (TPSA) is 67.4 Å². The average Bonchev–Trinajstić information content (AvgIpc) is 3.02. The molecule has 1 aromatic carbocycles. The molecule has 1 aliphatic carbocycles. The zero-order chi connectivity index (χ0) is 15.1. The van der Waals surface area contributed by atoms with Crippen molar-refractivity contribution < 1.29 is 14.3 Å². The molecular weight excluding hydrogens is 268 g/mol. The molecule has 5 heteroatoms. The summed E-state index contributed by atoms with van der Waals surface area (Å²) in [5, 5.41) is 5.67. The second-order valence-corrected chi connectivity index (χ2v) is 5.30. The number of ether oxygens (including phenoxy) is 1. The van der Waals surface area contributed by atoms with Gasteiger partial charge in [-0.15, -0.1) is 0 Å². The molecule has 0 radical (unpaired) electrons. The lowest BCUT2D eigenvalue weighted by Crippen LogP contribution is -2.26. The average molecular weight is 290 g/mol. The zero-order valence-corrected chi connectivity index (χ0v) is 12.4. The third-order valence-corrected chi connectivity index (χ3v) is 3.73. The van der Waals surface area contributed by atoms with E-state index in [-0.39, 0.29) is 17.7 Å². The molecular formula is C16H22N2O3. The Morgan fingerprint density at radius 3 is 2.48 bits per heavy atom. The van der Waals surface area contributed by atoms with Gasteiger partial charge in [0.15, 0.2) is 0 Å². The quantitative estimate of drug-likeness (QED) is 0.789. The van der Waals surface area contributed by atoms with E-state index in [9.17, 15) is 9.59 Å². The first-order valence-electron chi connectivity index (χ1n) is 7.39. The minimum atomic E-state index is -0.138. The van der Waals surface area contributed by atoms with Crippen molar-refractivity contribution >= 4 is 17.5 Å². The Kier molecular flexibility index (Phi) is 5.75. The van der Waals surface area contributed by atoms with Gasteiger partial charge in [0.2, 0.25) is 5.91 Å². The first-order chi connectivity index (χ1) is 10.2. The number of hydrogen-bond donors (Lipinski definition) is 2. The van der Waals surface area contributed by atoms with Gasteiger partial charge in [-0.25, -0.2) is 0 Å². The standard InChI is InChI=1S/C16H22N2O3/c1-21-11-10-17-15(19)13-6-8-14(9-7-13)18-16(20)12-4-2-3-5-12/h6-9,12H,2-5,10-11H2,1H3,(H,17,19)(H,18,20). The lowest BCUT2D eigenvalue weighted by Gasteiger charge is -2.11. The molecule has 2 amide bonds. The molecule has 2 N–H and O–H groups in total. The predicted molar refractivity (Wildman–Crippen MR) is 81.2 cm³/mol. The number of amides is 2. The zero-order valence-electron chi connectivity index (χ0n) is 12.4. The van der Waals surface area contributed by atoms with Gasteiger partial charge < -0.3 is 15.4 Å². The van der Waals surface area contributed by atoms with Crippen LogP contribution in [-0.2, 0) is 9.53 Å². The number of rotatable bonds is 6. The van der Waals surface area contributed by atoms with Crippen molar-refractivity contribution in [2.45, 2.75) is 25.7 Å². The number of hydrogen-bond acceptors (Lipinski definition) is 3. The van der Waals surface area contributed by atoms with Crippen LogP contribution in [0.15, 0.2) is 24.3 Å². The molecule has 0 spiro atoms. The van der Waals surface area contributed by atoms with E-state index in [4.69, 9.17) is 4.74 Å². The highest BCUT2D eigenvalue weighted by atomic mass is 16.5. The summed E-state index contributed by atoms with van der Waals surface area (Å²) < 4.78 is 4.88. The third-order valence-electron chi connectivity index (χ3n) is 3.73. The second kappa shape index (κ2) is 7.78. The van der Waals surface area contributed by atoms with E-state index in [1.54, 1.807) is 31.4 Å². The molecule has 0 atom stereocenters. The van der Waals surface area contributed by atoms with E-state index in [1.807, 2.05) is 0 Å². The second-order valence-electron chi connectivity index (χ2n) is 5.30. The van der Waals surface area contributed by atoms with E-state index in [2.05, 4.69) is 10.6 Å². The van der Waals surface area contributed by atoms with E-state index in [1.165, 1.54) is 0 Å². The van der Waals surface area contributed by atoms with E-state index in [0.29, 0.717) is 18.7 Å². The first-order valence-corrected chi connectivity index (χ1v) is 7.39. The van der Waals surface area contributed by atoms with Gasteiger partial charge in [-0.3, -0.25) is 9.59 Å². The van der Waals surface area contributed by atoms with Crippen LogP contribution in [0.4, 0.5) is 5.69 Å². The van der Waals surface area contributed by atoms with Crippen molar-refractivity contribution in [1.29, 1.82) is 0 Å². The van der Waals surface area contributed by atoms with Gasteiger partial charge in [0.25, 0.3) is 5.91 Å². The molecule has 1 aliphatic rings. The third kappa shape index (κ3) is 4.56. The lowest BCUT2D eigenvalue weighted by molar-refractivity contribution is -0.119. The summed E-state index contributed by atoms with van der Waals surface area (Å²) in [6, 6.07) is 6.95. The maximum Gasteiger partial charge on any atom is 0.251 e. The van der Waals surface area contributed by atoms with Crippen molar-refractivity contribution in [2.24, 2.45) is 5.92 Å². The molecule has 0 aromatic heterocycles. The number of benzene rings is 1. The molecule has 1 saturated carbocycles. The summed E-state index contributed by atoms with van der Waals surface area (Å²) in [6.07, 6.45) is 4.23. The molecule has 1 aromatic rings. The largest absolute Gasteiger partial charge is 0.383 e. The van der Waals surface area contributed by atoms with Crippen LogP contribution in [0.2, 0.25) is 0 Å². The van der Waals surface area contributed by atoms with Crippen LogP contribution in [0.3, 0.4) is 0 Å². The SMILES string of the molecule is COCCNC(=O)c1ccc(NC(=O)C2CCCC2)cc1. The molecule has 0 unspecified atom stereocenters. The molecule has 5 nitrogen and oxygen atoms in total. The predicted octanol–water partition coefficient (Wildman–Crippen LogP) is 2.19. The van der Waals surface area contributed by atoms with E-state index < -0.39 is 0 Å². The van der Waals surface area contributed by atoms with Crippen LogP contribution in [0.5, 0.6) is 0 Å². The van der Waals surface area contributed by atoms with Crippen LogP contribution in [0.25, 0.3) is 0 Å². The fourth-order valence-corrected chi connectivity index (χ4v) is 2.51. The van der Waals surface area contributed by atoms with Crippen molar-refractivity contribution in [3.05, 3.63) is 29.8 Å². The van der Waals surface area contributed by atoms with Gasteiger partial charge in [-0.2, -0.15) is 0 Å². The number of nitrogens with one attached hydrogen (secondary N) is 2. The number of carbonyl (C=O) groups is 2. The Morgan fingerprint density at radius 1 is 1.19 bits per heavy atom. The Labute approximate surface area is 125 Å².